The highest BCUT2D eigenvalue weighted by Crippen LogP contribution is 2.08. The summed E-state index contributed by atoms with van der Waals surface area (Å²) in [7, 11) is 0. The van der Waals surface area contributed by atoms with E-state index in [2.05, 4.69) is 5.32 Å². The van der Waals surface area contributed by atoms with E-state index < -0.39 is 17.5 Å². The smallest absolute Gasteiger partial charge is 0.254 e. The van der Waals surface area contributed by atoms with E-state index in [1.807, 2.05) is 0 Å². The highest BCUT2D eigenvalue weighted by molar-refractivity contribution is 5.96. The Morgan fingerprint density at radius 3 is 2.53 bits per heavy atom. The van der Waals surface area contributed by atoms with E-state index in [1.54, 1.807) is 0 Å². The number of halogens is 2. The van der Waals surface area contributed by atoms with Crippen LogP contribution < -0.4 is 5.32 Å². The number of hydrogen-bond acceptors (Lipinski definition) is 2. The molecule has 0 unspecified atom stereocenters. The van der Waals surface area contributed by atoms with Gasteiger partial charge in [-0.05, 0) is 19.1 Å². The van der Waals surface area contributed by atoms with E-state index in [1.165, 1.54) is 6.92 Å². The van der Waals surface area contributed by atoms with Crippen LogP contribution in [0.4, 0.5) is 8.78 Å². The molecule has 1 amide bonds. The second-order valence-electron chi connectivity index (χ2n) is 3.01. The molecule has 15 heavy (non-hydrogen) atoms. The van der Waals surface area contributed by atoms with Crippen molar-refractivity contribution >= 4 is 11.7 Å². The topological polar surface area (TPSA) is 46.2 Å². The van der Waals surface area contributed by atoms with Gasteiger partial charge in [0.1, 0.15) is 17.4 Å². The van der Waals surface area contributed by atoms with Crippen molar-refractivity contribution in [3.05, 3.63) is 35.4 Å². The Labute approximate surface area is 85.1 Å². The monoisotopic (exact) mass is 213 g/mol. The maximum Gasteiger partial charge on any atom is 0.254 e. The molecule has 0 heterocycles. The number of rotatable bonds is 3. The Kier molecular flexibility index (Phi) is 3.49. The second-order valence-corrected chi connectivity index (χ2v) is 3.01. The van der Waals surface area contributed by atoms with Crippen LogP contribution in [0.5, 0.6) is 0 Å². The van der Waals surface area contributed by atoms with Gasteiger partial charge in [-0.25, -0.2) is 8.78 Å². The largest absolute Gasteiger partial charge is 0.345 e. The average Bonchev–Trinajstić information content (AvgIpc) is 2.14. The van der Waals surface area contributed by atoms with Gasteiger partial charge in [-0.1, -0.05) is 0 Å². The molecule has 0 saturated heterocycles. The van der Waals surface area contributed by atoms with Crippen molar-refractivity contribution < 1.29 is 18.4 Å². The van der Waals surface area contributed by atoms with Crippen LogP contribution in [-0.2, 0) is 4.79 Å². The van der Waals surface area contributed by atoms with E-state index in [-0.39, 0.29) is 17.9 Å². The zero-order chi connectivity index (χ0) is 11.4. The van der Waals surface area contributed by atoms with Gasteiger partial charge in [0.15, 0.2) is 0 Å². The highest BCUT2D eigenvalue weighted by atomic mass is 19.1. The lowest BCUT2D eigenvalue weighted by Gasteiger charge is -2.03. The van der Waals surface area contributed by atoms with Crippen molar-refractivity contribution in [1.29, 1.82) is 0 Å². The number of carbonyl (C=O) groups is 2. The predicted molar refractivity (Wildman–Crippen MR) is 49.4 cm³/mol. The molecule has 0 fully saturated rings. The Hall–Kier alpha value is -1.78. The molecule has 3 nitrogen and oxygen atoms in total. The maximum atomic E-state index is 13.0. The molecule has 0 aliphatic carbocycles. The van der Waals surface area contributed by atoms with E-state index in [4.69, 9.17) is 0 Å². The summed E-state index contributed by atoms with van der Waals surface area (Å²) in [4.78, 5) is 21.8. The summed E-state index contributed by atoms with van der Waals surface area (Å²) in [6.07, 6.45) is 0. The zero-order valence-electron chi connectivity index (χ0n) is 8.01. The van der Waals surface area contributed by atoms with Gasteiger partial charge in [-0.2, -0.15) is 0 Å². The third-order valence-corrected chi connectivity index (χ3v) is 1.67. The molecular weight excluding hydrogens is 204 g/mol. The predicted octanol–water partition coefficient (Wildman–Crippen LogP) is 1.28. The second kappa shape index (κ2) is 4.63. The summed E-state index contributed by atoms with van der Waals surface area (Å²) in [6, 6.07) is 2.62. The first-order valence-corrected chi connectivity index (χ1v) is 4.23. The van der Waals surface area contributed by atoms with E-state index in [9.17, 15) is 18.4 Å². The van der Waals surface area contributed by atoms with Crippen LogP contribution in [0.1, 0.15) is 17.3 Å². The van der Waals surface area contributed by atoms with Crippen LogP contribution in [0.2, 0.25) is 0 Å². The number of benzene rings is 1. The highest BCUT2D eigenvalue weighted by Gasteiger charge is 2.12. The van der Waals surface area contributed by atoms with Crippen molar-refractivity contribution in [3.8, 4) is 0 Å². The average molecular weight is 213 g/mol. The van der Waals surface area contributed by atoms with Crippen LogP contribution in [0, 0.1) is 11.6 Å². The molecule has 5 heteroatoms. The third-order valence-electron chi connectivity index (χ3n) is 1.67. The van der Waals surface area contributed by atoms with E-state index in [0.29, 0.717) is 6.07 Å². The first-order valence-electron chi connectivity index (χ1n) is 4.23. The normalized spacial score (nSPS) is 9.80. The Bertz CT molecular complexity index is 404. The van der Waals surface area contributed by atoms with Crippen molar-refractivity contribution in [2.24, 2.45) is 0 Å². The molecule has 0 aromatic heterocycles. The van der Waals surface area contributed by atoms with Gasteiger partial charge in [-0.3, -0.25) is 9.59 Å². The molecule has 0 atom stereocenters. The minimum Gasteiger partial charge on any atom is -0.345 e. The number of carbonyl (C=O) groups excluding carboxylic acids is 2. The molecule has 1 rings (SSSR count). The Morgan fingerprint density at radius 2 is 2.00 bits per heavy atom. The summed E-state index contributed by atoms with van der Waals surface area (Å²) >= 11 is 0. The summed E-state index contributed by atoms with van der Waals surface area (Å²) in [5.74, 6) is -2.68. The summed E-state index contributed by atoms with van der Waals surface area (Å²) in [5.41, 5.74) is -0.280. The lowest BCUT2D eigenvalue weighted by atomic mass is 10.2. The van der Waals surface area contributed by atoms with Crippen LogP contribution in [0.15, 0.2) is 18.2 Å². The summed E-state index contributed by atoms with van der Waals surface area (Å²) < 4.78 is 25.5. The number of nitrogens with one attached hydrogen (secondary N) is 1. The van der Waals surface area contributed by atoms with Crippen molar-refractivity contribution in [3.63, 3.8) is 0 Å². The van der Waals surface area contributed by atoms with Gasteiger partial charge in [-0.15, -0.1) is 0 Å². The molecule has 1 aromatic carbocycles. The van der Waals surface area contributed by atoms with Crippen molar-refractivity contribution in [2.45, 2.75) is 6.92 Å². The van der Waals surface area contributed by atoms with Gasteiger partial charge < -0.3 is 5.32 Å². The Balaban J connectivity index is 2.78. The third kappa shape index (κ3) is 3.12. The Morgan fingerprint density at radius 1 is 1.33 bits per heavy atom. The molecule has 0 aliphatic rings. The van der Waals surface area contributed by atoms with Crippen molar-refractivity contribution in [2.75, 3.05) is 6.54 Å². The van der Waals surface area contributed by atoms with Crippen LogP contribution in [0.25, 0.3) is 0 Å². The molecular formula is C10H9F2NO2. The van der Waals surface area contributed by atoms with Crippen LogP contribution in [-0.4, -0.2) is 18.2 Å². The number of amides is 1. The van der Waals surface area contributed by atoms with E-state index >= 15 is 0 Å². The number of Topliss-reactive ketones (excluding diaryl/α,β-unsaturated/α-hetero) is 1. The standard InChI is InChI=1S/C10H9F2NO2/c1-6(14)5-13-10(15)8-3-2-7(11)4-9(8)12/h2-4H,5H2,1H3,(H,13,15). The van der Waals surface area contributed by atoms with Gasteiger partial charge in [0.2, 0.25) is 0 Å². The van der Waals surface area contributed by atoms with Gasteiger partial charge in [0.25, 0.3) is 5.91 Å². The molecule has 1 aromatic rings. The fourth-order valence-electron chi connectivity index (χ4n) is 0.974. The molecule has 0 aliphatic heterocycles. The minimum absolute atomic E-state index is 0.171. The quantitative estimate of drug-likeness (QED) is 0.822. The molecule has 0 radical (unpaired) electrons. The molecule has 80 valence electrons. The number of hydrogen-bond donors (Lipinski definition) is 1. The molecule has 1 N–H and O–H groups in total. The van der Waals surface area contributed by atoms with Gasteiger partial charge in [0, 0.05) is 6.07 Å². The minimum atomic E-state index is -0.948. The van der Waals surface area contributed by atoms with E-state index in [0.717, 1.165) is 12.1 Å². The fourth-order valence-corrected chi connectivity index (χ4v) is 0.974. The van der Waals surface area contributed by atoms with Gasteiger partial charge >= 0.3 is 0 Å². The first-order chi connectivity index (χ1) is 7.00. The maximum absolute atomic E-state index is 13.0. The van der Waals surface area contributed by atoms with Crippen LogP contribution in [0.3, 0.4) is 0 Å². The lowest BCUT2D eigenvalue weighted by Crippen LogP contribution is -2.28. The first kappa shape index (κ1) is 11.3. The molecule has 0 spiro atoms. The fraction of sp³-hybridized carbons (Fsp3) is 0.200. The summed E-state index contributed by atoms with van der Waals surface area (Å²) in [5, 5.41) is 2.21. The van der Waals surface area contributed by atoms with Crippen LogP contribution >= 0.6 is 0 Å². The SMILES string of the molecule is CC(=O)CNC(=O)c1ccc(F)cc1F. The lowest BCUT2D eigenvalue weighted by molar-refractivity contribution is -0.116. The zero-order valence-corrected chi connectivity index (χ0v) is 8.01. The summed E-state index contributed by atoms with van der Waals surface area (Å²) in [6.45, 7) is 1.12. The molecule has 0 saturated carbocycles. The van der Waals surface area contributed by atoms with Gasteiger partial charge in [0.05, 0.1) is 12.1 Å². The van der Waals surface area contributed by atoms with Crippen molar-refractivity contribution in [1.82, 2.24) is 5.32 Å². The number of ketones is 1. The molecule has 0 bridgehead atoms.